The van der Waals surface area contributed by atoms with Crippen molar-refractivity contribution in [1.82, 2.24) is 0 Å². The summed E-state index contributed by atoms with van der Waals surface area (Å²) in [5.41, 5.74) is 4.35. The smallest absolute Gasteiger partial charge is 0.130 e. The third kappa shape index (κ3) is 3.41. The third-order valence-corrected chi connectivity index (χ3v) is 4.36. The maximum atomic E-state index is 14.0. The maximum absolute atomic E-state index is 14.0. The monoisotopic (exact) mass is 280 g/mol. The van der Waals surface area contributed by atoms with E-state index in [0.717, 1.165) is 36.8 Å². The van der Waals surface area contributed by atoms with E-state index in [1.54, 1.807) is 6.07 Å². The highest BCUT2D eigenvalue weighted by molar-refractivity contribution is 5.67. The molecule has 2 aromatic carbocycles. The lowest BCUT2D eigenvalue weighted by Gasteiger charge is -2.22. The van der Waals surface area contributed by atoms with E-state index in [0.29, 0.717) is 5.92 Å². The van der Waals surface area contributed by atoms with Gasteiger partial charge in [-0.25, -0.2) is 4.39 Å². The Morgan fingerprint density at radius 2 is 1.90 bits per heavy atom. The van der Waals surface area contributed by atoms with Gasteiger partial charge in [-0.1, -0.05) is 48.5 Å². The summed E-state index contributed by atoms with van der Waals surface area (Å²) >= 11 is 0. The molecule has 0 radical (unpaired) electrons. The molecule has 0 amide bonds. The van der Waals surface area contributed by atoms with Gasteiger partial charge in [0, 0.05) is 5.56 Å². The minimum absolute atomic E-state index is 0.0808. The van der Waals surface area contributed by atoms with Crippen LogP contribution < -0.4 is 0 Å². The van der Waals surface area contributed by atoms with Gasteiger partial charge in [0.2, 0.25) is 0 Å². The van der Waals surface area contributed by atoms with Crippen LogP contribution in [0.1, 0.15) is 36.0 Å². The number of halogens is 1. The Labute approximate surface area is 126 Å². The first-order chi connectivity index (χ1) is 10.2. The average Bonchev–Trinajstić information content (AvgIpc) is 2.49. The molecule has 0 heterocycles. The molecule has 0 saturated heterocycles. The minimum Gasteiger partial charge on any atom is -0.206 e. The van der Waals surface area contributed by atoms with Gasteiger partial charge in [0.1, 0.15) is 5.82 Å². The van der Waals surface area contributed by atoms with Gasteiger partial charge in [0.15, 0.2) is 0 Å². The molecule has 0 saturated carbocycles. The molecule has 1 atom stereocenters. The minimum atomic E-state index is -0.0808. The van der Waals surface area contributed by atoms with Crippen LogP contribution in [0.3, 0.4) is 0 Å². The first-order valence-electron chi connectivity index (χ1n) is 7.72. The molecule has 0 nitrogen and oxygen atoms in total. The van der Waals surface area contributed by atoms with Crippen molar-refractivity contribution in [3.63, 3.8) is 0 Å². The predicted molar refractivity (Wildman–Crippen MR) is 86.6 cm³/mol. The maximum Gasteiger partial charge on any atom is 0.130 e. The summed E-state index contributed by atoms with van der Waals surface area (Å²) in [5, 5.41) is 0. The molecule has 1 heteroatoms. The molecule has 108 valence electrons. The van der Waals surface area contributed by atoms with Crippen LogP contribution in [0.2, 0.25) is 0 Å². The Kier molecular flexibility index (Phi) is 4.19. The Morgan fingerprint density at radius 3 is 2.57 bits per heavy atom. The van der Waals surface area contributed by atoms with Crippen LogP contribution in [0.5, 0.6) is 0 Å². The number of benzene rings is 2. The molecule has 0 aliphatic heterocycles. The second-order valence-corrected chi connectivity index (χ2v) is 6.04. The van der Waals surface area contributed by atoms with Gasteiger partial charge in [-0.2, -0.15) is 0 Å². The van der Waals surface area contributed by atoms with E-state index in [-0.39, 0.29) is 5.82 Å². The first-order valence-corrected chi connectivity index (χ1v) is 7.72. The molecule has 0 spiro atoms. The number of aryl methyl sites for hydroxylation is 1. The van der Waals surface area contributed by atoms with Crippen LogP contribution in [-0.2, 0) is 6.42 Å². The number of hydrogen-bond donors (Lipinski definition) is 0. The molecule has 0 bridgehead atoms. The third-order valence-electron chi connectivity index (χ3n) is 4.36. The summed E-state index contributed by atoms with van der Waals surface area (Å²) < 4.78 is 14.0. The zero-order valence-corrected chi connectivity index (χ0v) is 12.5. The first kappa shape index (κ1) is 14.1. The molecule has 0 aromatic heterocycles. The van der Waals surface area contributed by atoms with Gasteiger partial charge in [0.05, 0.1) is 0 Å². The standard InChI is InChI=1S/C20H21F/c1-15-7-12-19(20(21)13-15)18-10-8-17(9-11-18)14-16-5-3-2-4-6-16/h2-7,10,12-13,17H,8-9,11,14H2,1H3. The van der Waals surface area contributed by atoms with Gasteiger partial charge >= 0.3 is 0 Å². The van der Waals surface area contributed by atoms with Crippen LogP contribution in [0.15, 0.2) is 54.6 Å². The molecule has 3 rings (SSSR count). The van der Waals surface area contributed by atoms with Crippen LogP contribution in [0, 0.1) is 18.7 Å². The van der Waals surface area contributed by atoms with E-state index in [9.17, 15) is 4.39 Å². The lowest BCUT2D eigenvalue weighted by atomic mass is 9.83. The highest BCUT2D eigenvalue weighted by Gasteiger charge is 2.17. The van der Waals surface area contributed by atoms with E-state index < -0.39 is 0 Å². The van der Waals surface area contributed by atoms with Crippen LogP contribution in [-0.4, -0.2) is 0 Å². The lowest BCUT2D eigenvalue weighted by Crippen LogP contribution is -2.09. The molecule has 1 aliphatic rings. The van der Waals surface area contributed by atoms with Crippen LogP contribution in [0.4, 0.5) is 4.39 Å². The summed E-state index contributed by atoms with van der Waals surface area (Å²) in [4.78, 5) is 0. The van der Waals surface area contributed by atoms with Crippen molar-refractivity contribution < 1.29 is 4.39 Å². The Hall–Kier alpha value is -1.89. The quantitative estimate of drug-likeness (QED) is 0.690. The van der Waals surface area contributed by atoms with Gasteiger partial charge in [-0.3, -0.25) is 0 Å². The van der Waals surface area contributed by atoms with Crippen LogP contribution in [0.25, 0.3) is 5.57 Å². The number of allylic oxidation sites excluding steroid dienone is 2. The zero-order valence-electron chi connectivity index (χ0n) is 12.5. The SMILES string of the molecule is Cc1ccc(C2=CCC(Cc3ccccc3)CC2)c(F)c1. The molecule has 0 fully saturated rings. The van der Waals surface area contributed by atoms with Crippen molar-refractivity contribution in [2.24, 2.45) is 5.92 Å². The Morgan fingerprint density at radius 1 is 1.10 bits per heavy atom. The van der Waals surface area contributed by atoms with Gasteiger partial charge in [0.25, 0.3) is 0 Å². The Balaban J connectivity index is 1.69. The van der Waals surface area contributed by atoms with Gasteiger partial charge in [-0.15, -0.1) is 0 Å². The van der Waals surface area contributed by atoms with E-state index in [2.05, 4.69) is 36.4 Å². The fraction of sp³-hybridized carbons (Fsp3) is 0.300. The van der Waals surface area contributed by atoms with E-state index in [1.807, 2.05) is 19.1 Å². The summed E-state index contributed by atoms with van der Waals surface area (Å²) in [5.74, 6) is 0.604. The molecule has 0 N–H and O–H groups in total. The fourth-order valence-corrected chi connectivity index (χ4v) is 3.15. The van der Waals surface area contributed by atoms with E-state index in [1.165, 1.54) is 11.1 Å². The molecule has 1 unspecified atom stereocenters. The lowest BCUT2D eigenvalue weighted by molar-refractivity contribution is 0.482. The van der Waals surface area contributed by atoms with E-state index >= 15 is 0 Å². The van der Waals surface area contributed by atoms with Crippen molar-refractivity contribution in [2.75, 3.05) is 0 Å². The van der Waals surface area contributed by atoms with Crippen LogP contribution >= 0.6 is 0 Å². The van der Waals surface area contributed by atoms with Crippen molar-refractivity contribution in [2.45, 2.75) is 32.6 Å². The Bertz CT molecular complexity index is 640. The van der Waals surface area contributed by atoms with Crippen molar-refractivity contribution in [3.05, 3.63) is 77.1 Å². The molecular weight excluding hydrogens is 259 g/mol. The molecule has 2 aromatic rings. The molecule has 21 heavy (non-hydrogen) atoms. The second-order valence-electron chi connectivity index (χ2n) is 6.04. The largest absolute Gasteiger partial charge is 0.206 e. The number of hydrogen-bond acceptors (Lipinski definition) is 0. The van der Waals surface area contributed by atoms with Gasteiger partial charge in [-0.05, 0) is 61.3 Å². The predicted octanol–water partition coefficient (Wildman–Crippen LogP) is 5.56. The summed E-state index contributed by atoms with van der Waals surface area (Å²) in [6.07, 6.45) is 6.55. The summed E-state index contributed by atoms with van der Waals surface area (Å²) in [6, 6.07) is 16.2. The van der Waals surface area contributed by atoms with Crippen molar-refractivity contribution >= 4 is 5.57 Å². The van der Waals surface area contributed by atoms with Crippen molar-refractivity contribution in [1.29, 1.82) is 0 Å². The summed E-state index contributed by atoms with van der Waals surface area (Å²) in [7, 11) is 0. The number of rotatable bonds is 3. The molecular formula is C20H21F. The van der Waals surface area contributed by atoms with E-state index in [4.69, 9.17) is 0 Å². The fourth-order valence-electron chi connectivity index (χ4n) is 3.15. The highest BCUT2D eigenvalue weighted by atomic mass is 19.1. The molecule has 1 aliphatic carbocycles. The zero-order chi connectivity index (χ0) is 14.7. The second kappa shape index (κ2) is 6.26. The highest BCUT2D eigenvalue weighted by Crippen LogP contribution is 2.33. The normalized spacial score (nSPS) is 18.4. The summed E-state index contributed by atoms with van der Waals surface area (Å²) in [6.45, 7) is 1.93. The van der Waals surface area contributed by atoms with Crippen molar-refractivity contribution in [3.8, 4) is 0 Å². The topological polar surface area (TPSA) is 0 Å². The average molecular weight is 280 g/mol. The van der Waals surface area contributed by atoms with Gasteiger partial charge < -0.3 is 0 Å².